The van der Waals surface area contributed by atoms with Crippen molar-refractivity contribution in [3.8, 4) is 0 Å². The van der Waals surface area contributed by atoms with E-state index < -0.39 is 28.4 Å². The molecule has 7 heteroatoms. The number of hydrogen-bond acceptors (Lipinski definition) is 5. The Hall–Kier alpha value is 0.380. The second kappa shape index (κ2) is 15.3. The number of aliphatic hydroxyl groups excluding tert-OH is 1. The molecule has 122 valence electrons. The van der Waals surface area contributed by atoms with E-state index in [4.69, 9.17) is 5.11 Å². The first-order chi connectivity index (χ1) is 9.52. The molecular formula is C14H29NaO5S. The van der Waals surface area contributed by atoms with Crippen LogP contribution in [0.4, 0.5) is 0 Å². The first kappa shape index (κ1) is 23.6. The zero-order chi connectivity index (χ0) is 15.3. The standard InChI is InChI=1S/C14H28O5S.Na.H/c1-2-3-4-5-6-7-8-9-10-11-14(16)19-20(17,18)13-12-15;;/h15H,2-13H2,1H3;;. The summed E-state index contributed by atoms with van der Waals surface area (Å²) < 4.78 is 26.5. The van der Waals surface area contributed by atoms with Crippen molar-refractivity contribution < 1.29 is 22.5 Å². The van der Waals surface area contributed by atoms with Crippen molar-refractivity contribution in [3.63, 3.8) is 0 Å². The molecule has 0 saturated carbocycles. The van der Waals surface area contributed by atoms with Crippen molar-refractivity contribution in [1.29, 1.82) is 0 Å². The Morgan fingerprint density at radius 2 is 1.43 bits per heavy atom. The molecular weight excluding hydrogens is 303 g/mol. The predicted molar refractivity (Wildman–Crippen MR) is 86.0 cm³/mol. The summed E-state index contributed by atoms with van der Waals surface area (Å²) in [4.78, 5) is 11.3. The van der Waals surface area contributed by atoms with Gasteiger partial charge < -0.3 is 9.29 Å². The van der Waals surface area contributed by atoms with Crippen molar-refractivity contribution in [2.75, 3.05) is 12.4 Å². The molecule has 0 aliphatic carbocycles. The number of aliphatic hydroxyl groups is 1. The van der Waals surface area contributed by atoms with Gasteiger partial charge in [0.05, 0.1) is 6.61 Å². The van der Waals surface area contributed by atoms with Crippen LogP contribution >= 0.6 is 0 Å². The van der Waals surface area contributed by atoms with Crippen molar-refractivity contribution in [2.24, 2.45) is 0 Å². The van der Waals surface area contributed by atoms with Gasteiger partial charge in [0.2, 0.25) is 0 Å². The fourth-order valence-corrected chi connectivity index (χ4v) is 2.59. The Kier molecular flexibility index (Phi) is 17.2. The van der Waals surface area contributed by atoms with E-state index in [9.17, 15) is 13.2 Å². The molecule has 0 aromatic carbocycles. The van der Waals surface area contributed by atoms with Gasteiger partial charge in [0.25, 0.3) is 0 Å². The van der Waals surface area contributed by atoms with Crippen LogP contribution in [0.5, 0.6) is 0 Å². The maximum atomic E-state index is 11.3. The van der Waals surface area contributed by atoms with E-state index in [2.05, 4.69) is 11.1 Å². The molecule has 0 saturated heterocycles. The molecule has 0 heterocycles. The summed E-state index contributed by atoms with van der Waals surface area (Å²) in [6.45, 7) is 1.66. The summed E-state index contributed by atoms with van der Waals surface area (Å²) in [6, 6.07) is 0. The van der Waals surface area contributed by atoms with Crippen LogP contribution in [0.25, 0.3) is 0 Å². The Labute approximate surface area is 151 Å². The maximum absolute atomic E-state index is 11.3. The van der Waals surface area contributed by atoms with Gasteiger partial charge in [-0.3, -0.25) is 4.79 Å². The SMILES string of the molecule is CCCCCCCCCCCC(=O)OS(=O)(=O)CCO.[NaH]. The number of rotatable bonds is 13. The molecule has 0 aliphatic rings. The quantitative estimate of drug-likeness (QED) is 0.317. The summed E-state index contributed by atoms with van der Waals surface area (Å²) >= 11 is 0. The third-order valence-corrected chi connectivity index (χ3v) is 4.17. The summed E-state index contributed by atoms with van der Waals surface area (Å²) in [5.41, 5.74) is 0. The van der Waals surface area contributed by atoms with Crippen LogP contribution in [0.1, 0.15) is 71.1 Å². The molecule has 21 heavy (non-hydrogen) atoms. The average Bonchev–Trinajstić information content (AvgIpc) is 2.36. The molecule has 0 aliphatic heterocycles. The Morgan fingerprint density at radius 1 is 0.952 bits per heavy atom. The fourth-order valence-electron chi connectivity index (χ4n) is 1.92. The number of hydrogen-bond donors (Lipinski definition) is 1. The summed E-state index contributed by atoms with van der Waals surface area (Å²) in [5.74, 6) is -1.25. The topological polar surface area (TPSA) is 80.7 Å². The molecule has 0 aromatic heterocycles. The zero-order valence-electron chi connectivity index (χ0n) is 12.5. The van der Waals surface area contributed by atoms with Crippen LogP contribution in [0.3, 0.4) is 0 Å². The van der Waals surface area contributed by atoms with Crippen LogP contribution in [0.2, 0.25) is 0 Å². The predicted octanol–water partition coefficient (Wildman–Crippen LogP) is 2.12. The molecule has 5 nitrogen and oxygen atoms in total. The average molecular weight is 332 g/mol. The van der Waals surface area contributed by atoms with Crippen LogP contribution in [-0.2, 0) is 19.1 Å². The van der Waals surface area contributed by atoms with Gasteiger partial charge in [-0.2, -0.15) is 8.42 Å². The second-order valence-electron chi connectivity index (χ2n) is 5.02. The summed E-state index contributed by atoms with van der Waals surface area (Å²) in [7, 11) is -3.89. The molecule has 0 rings (SSSR count). The molecule has 0 unspecified atom stereocenters. The van der Waals surface area contributed by atoms with Gasteiger partial charge in [0, 0.05) is 6.42 Å². The number of unbranched alkanes of at least 4 members (excludes halogenated alkanes) is 8. The van der Waals surface area contributed by atoms with E-state index >= 15 is 0 Å². The third kappa shape index (κ3) is 16.6. The minimum absolute atomic E-state index is 0. The van der Waals surface area contributed by atoms with E-state index in [1.54, 1.807) is 0 Å². The van der Waals surface area contributed by atoms with E-state index in [0.717, 1.165) is 12.8 Å². The van der Waals surface area contributed by atoms with Gasteiger partial charge in [0.1, 0.15) is 5.75 Å². The Morgan fingerprint density at radius 3 is 1.90 bits per heavy atom. The normalized spacial score (nSPS) is 11.0. The van der Waals surface area contributed by atoms with Crippen molar-refractivity contribution >= 4 is 45.6 Å². The van der Waals surface area contributed by atoms with Crippen molar-refractivity contribution in [1.82, 2.24) is 0 Å². The van der Waals surface area contributed by atoms with Gasteiger partial charge in [-0.05, 0) is 6.42 Å². The molecule has 0 aromatic rings. The number of carbonyl (C=O) groups is 1. The molecule has 0 bridgehead atoms. The summed E-state index contributed by atoms with van der Waals surface area (Å²) in [5, 5.41) is 8.49. The van der Waals surface area contributed by atoms with Gasteiger partial charge in [-0.1, -0.05) is 58.3 Å². The van der Waals surface area contributed by atoms with Crippen LogP contribution in [-0.4, -0.2) is 61.4 Å². The first-order valence-electron chi connectivity index (χ1n) is 7.57. The van der Waals surface area contributed by atoms with E-state index in [1.165, 1.54) is 38.5 Å². The fraction of sp³-hybridized carbons (Fsp3) is 0.929. The van der Waals surface area contributed by atoms with Crippen molar-refractivity contribution in [2.45, 2.75) is 71.1 Å². The first-order valence-corrected chi connectivity index (χ1v) is 9.15. The second-order valence-corrected chi connectivity index (χ2v) is 6.71. The molecule has 0 atom stereocenters. The monoisotopic (exact) mass is 332 g/mol. The van der Waals surface area contributed by atoms with E-state index in [1.807, 2.05) is 0 Å². The molecule has 0 spiro atoms. The van der Waals surface area contributed by atoms with E-state index in [-0.39, 0.29) is 36.0 Å². The number of carbonyl (C=O) groups excluding carboxylic acids is 1. The Bertz CT molecular complexity index is 343. The molecule has 1 N–H and O–H groups in total. The Balaban J connectivity index is 0. The molecule has 0 amide bonds. The third-order valence-electron chi connectivity index (χ3n) is 3.05. The molecule has 0 radical (unpaired) electrons. The van der Waals surface area contributed by atoms with Crippen LogP contribution in [0.15, 0.2) is 0 Å². The van der Waals surface area contributed by atoms with Crippen LogP contribution < -0.4 is 0 Å². The van der Waals surface area contributed by atoms with Crippen LogP contribution in [0, 0.1) is 0 Å². The van der Waals surface area contributed by atoms with Gasteiger partial charge in [-0.25, -0.2) is 0 Å². The summed E-state index contributed by atoms with van der Waals surface area (Å²) in [6.07, 6.45) is 10.3. The van der Waals surface area contributed by atoms with Gasteiger partial charge in [0.15, 0.2) is 0 Å². The van der Waals surface area contributed by atoms with E-state index in [0.29, 0.717) is 6.42 Å². The molecule has 0 fully saturated rings. The van der Waals surface area contributed by atoms with Crippen molar-refractivity contribution in [3.05, 3.63) is 0 Å². The zero-order valence-corrected chi connectivity index (χ0v) is 13.3. The minimum atomic E-state index is -3.89. The van der Waals surface area contributed by atoms with Gasteiger partial charge >= 0.3 is 45.6 Å². The van der Waals surface area contributed by atoms with Gasteiger partial charge in [-0.15, -0.1) is 0 Å².